The number of phenols is 1. The number of ketones is 1. The number of terminal acetylenes is 1. The number of carbonyl (C=O) groups excluding carboxylic acids is 1. The fourth-order valence-corrected chi connectivity index (χ4v) is 3.83. The lowest BCUT2D eigenvalue weighted by molar-refractivity contribution is -0.115. The summed E-state index contributed by atoms with van der Waals surface area (Å²) in [5.74, 6) is 3.77. The lowest BCUT2D eigenvalue weighted by Gasteiger charge is -2.18. The maximum atomic E-state index is 9.97. The normalized spacial score (nSPS) is 10.4. The van der Waals surface area contributed by atoms with Gasteiger partial charge >= 0.3 is 0 Å². The number of aliphatic hydroxyl groups excluding tert-OH is 1. The highest BCUT2D eigenvalue weighted by molar-refractivity contribution is 5.72. The van der Waals surface area contributed by atoms with Gasteiger partial charge in [0.05, 0.1) is 12.3 Å². The van der Waals surface area contributed by atoms with Crippen LogP contribution in [-0.4, -0.2) is 48.3 Å². The van der Waals surface area contributed by atoms with Crippen molar-refractivity contribution in [1.82, 2.24) is 5.32 Å². The zero-order valence-corrected chi connectivity index (χ0v) is 34.5. The first kappa shape index (κ1) is 54.0. The van der Waals surface area contributed by atoms with Crippen molar-refractivity contribution in [3.8, 4) is 18.1 Å². The van der Waals surface area contributed by atoms with Crippen LogP contribution >= 0.6 is 0 Å². The quantitative estimate of drug-likeness (QED) is 0.0714. The molecular weight excluding hydrogens is 635 g/mol. The van der Waals surface area contributed by atoms with Gasteiger partial charge in [-0.05, 0) is 107 Å². The first-order chi connectivity index (χ1) is 24.2. The Labute approximate surface area is 314 Å². The van der Waals surface area contributed by atoms with E-state index in [-0.39, 0.29) is 18.1 Å². The third-order valence-electron chi connectivity index (χ3n) is 6.68. The van der Waals surface area contributed by atoms with Gasteiger partial charge in [-0.2, -0.15) is 0 Å². The van der Waals surface area contributed by atoms with Crippen molar-refractivity contribution in [2.75, 3.05) is 36.9 Å². The number of aromatic hydroxyl groups is 1. The van der Waals surface area contributed by atoms with Crippen LogP contribution in [0, 0.1) is 25.2 Å². The molecule has 0 fully saturated rings. The van der Waals surface area contributed by atoms with E-state index in [4.69, 9.17) is 23.0 Å². The number of phenolic OH excluding ortho intramolecular Hbond substituents is 1. The summed E-state index contributed by atoms with van der Waals surface area (Å²) in [7, 11) is 0. The first-order valence-electron chi connectivity index (χ1n) is 18.6. The van der Waals surface area contributed by atoms with Crippen molar-refractivity contribution in [2.24, 2.45) is 17.4 Å². The standard InChI is InChI=1S/C17H29N3O2.C12H13N.C5H13N.C4H10.C3H6O.C2H6/c1-4-5-14(19-10-11-21)8-9-18-15-6-7-16(17(22)12-15)20-13(2)3;1-4-11-5-6-12(7-9(11)2)10(3)8-13;1-5(2)3-4-6;1-3-4-2;1-3(2)4;1-2/h6-7,12,14,18-22H,2,4-5,8-11H2,1,3H3;1,5-8H,13H2,2-3H3;5H,3-4,6H2,1-2H3;3-4H2,1-2H3;1-2H3;1-2H3/b;10-8+;;;;. The molecule has 8 heteroatoms. The smallest absolute Gasteiger partial charge is 0.141 e. The second-order valence-electron chi connectivity index (χ2n) is 12.4. The molecule has 8 nitrogen and oxygen atoms in total. The Bertz CT molecular complexity index is 1210. The molecule has 0 aromatic heterocycles. The predicted molar refractivity (Wildman–Crippen MR) is 227 cm³/mol. The zero-order chi connectivity index (χ0) is 40.2. The van der Waals surface area contributed by atoms with Crippen molar-refractivity contribution < 1.29 is 15.0 Å². The van der Waals surface area contributed by atoms with Crippen molar-refractivity contribution in [3.05, 3.63) is 71.6 Å². The summed E-state index contributed by atoms with van der Waals surface area (Å²) in [6.45, 7) is 30.0. The molecule has 0 spiro atoms. The molecule has 0 amide bonds. The second kappa shape index (κ2) is 37.5. The summed E-state index contributed by atoms with van der Waals surface area (Å²) in [6, 6.07) is 11.9. The van der Waals surface area contributed by atoms with E-state index in [9.17, 15) is 9.90 Å². The number of nitrogens with two attached hydrogens (primary N) is 2. The molecule has 2 aromatic rings. The Hall–Kier alpha value is -3.77. The number of anilines is 2. The second-order valence-corrected chi connectivity index (χ2v) is 12.4. The predicted octanol–water partition coefficient (Wildman–Crippen LogP) is 9.61. The maximum absolute atomic E-state index is 9.97. The largest absolute Gasteiger partial charge is 0.506 e. The van der Waals surface area contributed by atoms with E-state index < -0.39 is 0 Å². The number of hydrogen-bond donors (Lipinski definition) is 7. The molecule has 0 heterocycles. The van der Waals surface area contributed by atoms with Crippen LogP contribution in [0.4, 0.5) is 11.4 Å². The zero-order valence-electron chi connectivity index (χ0n) is 34.5. The molecule has 51 heavy (non-hydrogen) atoms. The highest BCUT2D eigenvalue weighted by Gasteiger charge is 2.07. The van der Waals surface area contributed by atoms with Gasteiger partial charge in [0.2, 0.25) is 0 Å². The maximum Gasteiger partial charge on any atom is 0.141 e. The van der Waals surface area contributed by atoms with Gasteiger partial charge in [0.1, 0.15) is 11.5 Å². The van der Waals surface area contributed by atoms with E-state index in [0.29, 0.717) is 18.3 Å². The van der Waals surface area contributed by atoms with Crippen LogP contribution < -0.4 is 27.4 Å². The van der Waals surface area contributed by atoms with Crippen molar-refractivity contribution >= 4 is 22.7 Å². The van der Waals surface area contributed by atoms with E-state index in [0.717, 1.165) is 78.3 Å². The highest BCUT2D eigenvalue weighted by Crippen LogP contribution is 2.27. The van der Waals surface area contributed by atoms with Crippen LogP contribution in [-0.2, 0) is 4.79 Å². The summed E-state index contributed by atoms with van der Waals surface area (Å²) < 4.78 is 0. The topological polar surface area (TPSA) is 146 Å². The number of aliphatic hydroxyl groups is 1. The SMILES string of the molecule is C#Cc1ccc(/C(C)=C/N)cc1C.C=C(C)Nc1ccc(NCCC(CCC)NCCO)cc1O.CC.CC(C)=O.CC(C)CCN.CCCC. The molecule has 0 radical (unpaired) electrons. The minimum atomic E-state index is 0.165. The van der Waals surface area contributed by atoms with Crippen LogP contribution in [0.1, 0.15) is 131 Å². The fourth-order valence-electron chi connectivity index (χ4n) is 3.83. The van der Waals surface area contributed by atoms with E-state index in [1.54, 1.807) is 12.3 Å². The van der Waals surface area contributed by atoms with Crippen LogP contribution in [0.2, 0.25) is 0 Å². The Morgan fingerprint density at radius 3 is 1.92 bits per heavy atom. The number of rotatable bonds is 15. The molecule has 2 rings (SSSR count). The number of carbonyl (C=O) groups is 1. The van der Waals surface area contributed by atoms with Gasteiger partial charge in [-0.25, -0.2) is 0 Å². The average molecular weight is 712 g/mol. The van der Waals surface area contributed by atoms with E-state index in [1.807, 2.05) is 65.0 Å². The number of hydrogen-bond acceptors (Lipinski definition) is 8. The molecule has 1 unspecified atom stereocenters. The van der Waals surface area contributed by atoms with Crippen LogP contribution in [0.15, 0.2) is 54.9 Å². The van der Waals surface area contributed by atoms with Crippen molar-refractivity contribution in [3.63, 3.8) is 0 Å². The van der Waals surface area contributed by atoms with E-state index in [2.05, 4.69) is 63.1 Å². The van der Waals surface area contributed by atoms with Crippen molar-refractivity contribution in [2.45, 2.75) is 128 Å². The molecule has 0 bridgehead atoms. The summed E-state index contributed by atoms with van der Waals surface area (Å²) in [5, 5.41) is 28.5. The Kier molecular flexibility index (Phi) is 39.7. The molecule has 9 N–H and O–H groups in total. The molecule has 2 aromatic carbocycles. The molecule has 0 saturated heterocycles. The number of aryl methyl sites for hydroxylation is 1. The van der Waals surface area contributed by atoms with Crippen LogP contribution in [0.5, 0.6) is 5.75 Å². The van der Waals surface area contributed by atoms with Gasteiger partial charge in [0, 0.05) is 42.1 Å². The molecule has 0 aliphatic heterocycles. The lowest BCUT2D eigenvalue weighted by Crippen LogP contribution is -2.33. The van der Waals surface area contributed by atoms with Gasteiger partial charge in [0.15, 0.2) is 0 Å². The average Bonchev–Trinajstić information content (AvgIpc) is 3.09. The molecule has 0 aliphatic rings. The van der Waals surface area contributed by atoms with Crippen LogP contribution in [0.3, 0.4) is 0 Å². The summed E-state index contributed by atoms with van der Waals surface area (Å²) in [5.41, 5.74) is 17.2. The minimum absolute atomic E-state index is 0.165. The number of unbranched alkanes of at least 4 members (excludes halogenated alkanes) is 1. The summed E-state index contributed by atoms with van der Waals surface area (Å²) in [4.78, 5) is 9.44. The van der Waals surface area contributed by atoms with Gasteiger partial charge in [0.25, 0.3) is 0 Å². The Morgan fingerprint density at radius 1 is 0.961 bits per heavy atom. The monoisotopic (exact) mass is 712 g/mol. The highest BCUT2D eigenvalue weighted by atomic mass is 16.3. The third-order valence-corrected chi connectivity index (χ3v) is 6.68. The molecular formula is C43H77N5O3. The molecule has 292 valence electrons. The van der Waals surface area contributed by atoms with Crippen molar-refractivity contribution in [1.29, 1.82) is 0 Å². The van der Waals surface area contributed by atoms with E-state index in [1.165, 1.54) is 26.7 Å². The number of benzene rings is 2. The summed E-state index contributed by atoms with van der Waals surface area (Å²) >= 11 is 0. The van der Waals surface area contributed by atoms with E-state index >= 15 is 0 Å². The van der Waals surface area contributed by atoms with Gasteiger partial charge in [-0.1, -0.05) is 92.4 Å². The van der Waals surface area contributed by atoms with Gasteiger partial charge in [-0.15, -0.1) is 6.42 Å². The number of allylic oxidation sites excluding steroid dienone is 2. The minimum Gasteiger partial charge on any atom is -0.506 e. The third kappa shape index (κ3) is 34.5. The van der Waals surface area contributed by atoms with Crippen LogP contribution in [0.25, 0.3) is 5.57 Å². The lowest BCUT2D eigenvalue weighted by atomic mass is 10.0. The fraction of sp³-hybridized carbons (Fsp3) is 0.558. The Morgan fingerprint density at radius 2 is 1.55 bits per heavy atom. The number of nitrogens with one attached hydrogen (secondary N) is 3. The first-order valence-corrected chi connectivity index (χ1v) is 18.6. The van der Waals surface area contributed by atoms with Gasteiger partial charge in [-0.3, -0.25) is 0 Å². The number of Topliss-reactive ketones (excluding diaryl/α,β-unsaturated/α-hetero) is 1. The van der Waals surface area contributed by atoms with Gasteiger partial charge < -0.3 is 42.4 Å². The Balaban J connectivity index is -0.000000320. The summed E-state index contributed by atoms with van der Waals surface area (Å²) in [6.07, 6.45) is 13.9. The molecule has 0 aliphatic carbocycles. The molecule has 0 saturated carbocycles. The molecule has 1 atom stereocenters.